The van der Waals surface area contributed by atoms with Crippen molar-refractivity contribution < 1.29 is 39.5 Å². The molecule has 0 amide bonds. The molecule has 0 bridgehead atoms. The van der Waals surface area contributed by atoms with E-state index in [4.69, 9.17) is 4.74 Å². The largest absolute Gasteiger partial charge is 0.488 e. The summed E-state index contributed by atoms with van der Waals surface area (Å²) in [5.41, 5.74) is -1.93. The second kappa shape index (κ2) is 10.9. The van der Waals surface area contributed by atoms with Crippen LogP contribution in [0.3, 0.4) is 0 Å². The second-order valence-corrected chi connectivity index (χ2v) is 13.6. The molecule has 1 aromatic heterocycles. The molecule has 38 heavy (non-hydrogen) atoms. The number of likely N-dealkylation sites (tertiary alicyclic amines) is 1. The summed E-state index contributed by atoms with van der Waals surface area (Å²) in [6.45, 7) is 1.11. The monoisotopic (exact) mass is 660 g/mol. The first-order valence-electron chi connectivity index (χ1n) is 10.9. The number of nitrogens with one attached hydrogen (secondary N) is 1. The van der Waals surface area contributed by atoms with Gasteiger partial charge in [0.05, 0.1) is 21.0 Å². The van der Waals surface area contributed by atoms with Gasteiger partial charge in [-0.15, -0.1) is 11.3 Å². The Balaban J connectivity index is 1.54. The van der Waals surface area contributed by atoms with E-state index in [1.807, 2.05) is 11.9 Å². The van der Waals surface area contributed by atoms with Crippen molar-refractivity contribution in [3.05, 3.63) is 64.1 Å². The number of alkyl halides is 6. The van der Waals surface area contributed by atoms with Gasteiger partial charge in [-0.05, 0) is 71.9 Å². The Morgan fingerprint density at radius 3 is 2.32 bits per heavy atom. The van der Waals surface area contributed by atoms with Crippen LogP contribution < -0.4 is 9.46 Å². The molecular weight excluding hydrogens is 642 g/mol. The Morgan fingerprint density at radius 1 is 1.05 bits per heavy atom. The van der Waals surface area contributed by atoms with Crippen LogP contribution in [0.2, 0.25) is 0 Å². The summed E-state index contributed by atoms with van der Waals surface area (Å²) in [5, 5.41) is 0. The quantitative estimate of drug-likeness (QED) is 0.265. The van der Waals surface area contributed by atoms with E-state index in [0.29, 0.717) is 33.1 Å². The fourth-order valence-electron chi connectivity index (χ4n) is 3.65. The highest BCUT2D eigenvalue weighted by atomic mass is 79.9. The normalized spacial score (nSPS) is 17.1. The van der Waals surface area contributed by atoms with Crippen molar-refractivity contribution >= 4 is 54.7 Å². The lowest BCUT2D eigenvalue weighted by molar-refractivity contribution is -0.139. The van der Waals surface area contributed by atoms with Crippen molar-refractivity contribution in [3.63, 3.8) is 0 Å². The standard InChI is InChI=1S/C23H19BrF6N2O3S3/c1-32-9-8-15(12-32)35-19-10-14(4-7-17(19)23(28,29)30)31-38(33,34)20-11-18(24)21(37-20)36-16-5-2-13(3-6-16)22(25,26)27/h2-7,10-11,15,31H,8-9,12H2,1H3/t15-/m1/s1. The SMILES string of the molecule is CN1CC[C@@H](Oc2cc(NS(=O)(=O)c3cc(Br)c(Sc4ccc(C(F)(F)F)cc4)s3)ccc2C(F)(F)F)C1. The number of hydrogen-bond acceptors (Lipinski definition) is 6. The number of rotatable bonds is 7. The number of sulfonamides is 1. The van der Waals surface area contributed by atoms with Gasteiger partial charge in [0.1, 0.15) is 16.1 Å². The zero-order chi connectivity index (χ0) is 27.9. The summed E-state index contributed by atoms with van der Waals surface area (Å²) in [4.78, 5) is 2.37. The van der Waals surface area contributed by atoms with Crippen molar-refractivity contribution in [2.75, 3.05) is 24.9 Å². The molecule has 0 saturated carbocycles. The number of ether oxygens (including phenoxy) is 1. The Labute approximate surface area is 231 Å². The fraction of sp³-hybridized carbons (Fsp3) is 0.304. The molecule has 15 heteroatoms. The highest BCUT2D eigenvalue weighted by Gasteiger charge is 2.36. The average Bonchev–Trinajstić information content (AvgIpc) is 3.38. The van der Waals surface area contributed by atoms with Crippen LogP contribution in [0, 0.1) is 0 Å². The number of benzene rings is 2. The molecule has 206 valence electrons. The molecule has 0 spiro atoms. The molecule has 5 nitrogen and oxygen atoms in total. The minimum Gasteiger partial charge on any atom is -0.488 e. The Hall–Kier alpha value is -1.94. The molecule has 1 aliphatic rings. The molecule has 4 rings (SSSR count). The summed E-state index contributed by atoms with van der Waals surface area (Å²) in [5.74, 6) is -0.469. The van der Waals surface area contributed by atoms with Crippen molar-refractivity contribution in [2.45, 2.75) is 38.2 Å². The van der Waals surface area contributed by atoms with Gasteiger partial charge in [0.15, 0.2) is 0 Å². The number of nitrogens with zero attached hydrogens (tertiary/aromatic N) is 1. The Kier molecular flexibility index (Phi) is 8.34. The van der Waals surface area contributed by atoms with E-state index >= 15 is 0 Å². The van der Waals surface area contributed by atoms with Gasteiger partial charge in [-0.1, -0.05) is 11.8 Å². The lowest BCUT2D eigenvalue weighted by atomic mass is 10.1. The molecule has 1 saturated heterocycles. The summed E-state index contributed by atoms with van der Waals surface area (Å²) in [7, 11) is -2.38. The maximum absolute atomic E-state index is 13.5. The van der Waals surface area contributed by atoms with Crippen molar-refractivity contribution in [1.29, 1.82) is 0 Å². The third kappa shape index (κ3) is 6.97. The molecule has 2 heterocycles. The minimum atomic E-state index is -4.69. The smallest absolute Gasteiger partial charge is 0.419 e. The van der Waals surface area contributed by atoms with Crippen molar-refractivity contribution in [1.82, 2.24) is 4.90 Å². The van der Waals surface area contributed by atoms with E-state index in [0.717, 1.165) is 53.4 Å². The predicted octanol–water partition coefficient (Wildman–Crippen LogP) is 7.58. The van der Waals surface area contributed by atoms with E-state index in [-0.39, 0.29) is 9.90 Å². The summed E-state index contributed by atoms with van der Waals surface area (Å²) < 4.78 is 114. The van der Waals surface area contributed by atoms with Gasteiger partial charge in [0, 0.05) is 28.5 Å². The number of likely N-dealkylation sites (N-methyl/N-ethyl adjacent to an activating group) is 1. The molecule has 2 aromatic carbocycles. The molecule has 0 radical (unpaired) electrons. The van der Waals surface area contributed by atoms with Crippen LogP contribution in [0.4, 0.5) is 32.0 Å². The fourth-order valence-corrected chi connectivity index (χ4v) is 8.33. The van der Waals surface area contributed by atoms with Crippen LogP contribution in [0.5, 0.6) is 5.75 Å². The number of anilines is 1. The lowest BCUT2D eigenvalue weighted by Gasteiger charge is -2.19. The summed E-state index contributed by atoms with van der Waals surface area (Å²) >= 11 is 5.18. The van der Waals surface area contributed by atoms with Crippen molar-refractivity contribution in [3.8, 4) is 5.75 Å². The van der Waals surface area contributed by atoms with E-state index in [1.165, 1.54) is 18.2 Å². The van der Waals surface area contributed by atoms with E-state index < -0.39 is 45.4 Å². The Morgan fingerprint density at radius 2 is 1.74 bits per heavy atom. The van der Waals surface area contributed by atoms with Crippen LogP contribution in [-0.2, 0) is 22.4 Å². The topological polar surface area (TPSA) is 58.6 Å². The molecule has 1 fully saturated rings. The number of thiophene rings is 1. The molecule has 1 aliphatic heterocycles. The number of hydrogen-bond donors (Lipinski definition) is 1. The first-order chi connectivity index (χ1) is 17.6. The van der Waals surface area contributed by atoms with Crippen molar-refractivity contribution in [2.24, 2.45) is 0 Å². The summed E-state index contributed by atoms with van der Waals surface area (Å²) in [6.07, 6.45) is -9.10. The van der Waals surface area contributed by atoms with Crippen LogP contribution in [0.1, 0.15) is 17.5 Å². The molecular formula is C23H19BrF6N2O3S3. The first kappa shape index (κ1) is 29.1. The average molecular weight is 662 g/mol. The minimum absolute atomic E-state index is 0.110. The van der Waals surface area contributed by atoms with E-state index in [2.05, 4.69) is 20.7 Å². The zero-order valence-electron chi connectivity index (χ0n) is 19.4. The predicted molar refractivity (Wildman–Crippen MR) is 136 cm³/mol. The van der Waals surface area contributed by atoms with Gasteiger partial charge >= 0.3 is 12.4 Å². The third-order valence-corrected chi connectivity index (χ3v) is 10.8. The van der Waals surface area contributed by atoms with E-state index in [1.54, 1.807) is 0 Å². The first-order valence-corrected chi connectivity index (χ1v) is 14.8. The van der Waals surface area contributed by atoms with Gasteiger partial charge in [-0.3, -0.25) is 4.72 Å². The van der Waals surface area contributed by atoms with Crippen LogP contribution in [0.15, 0.2) is 66.3 Å². The van der Waals surface area contributed by atoms with E-state index in [9.17, 15) is 34.8 Å². The molecule has 3 aromatic rings. The van der Waals surface area contributed by atoms with Crippen LogP contribution in [0.25, 0.3) is 0 Å². The highest BCUT2D eigenvalue weighted by Crippen LogP contribution is 2.43. The molecule has 0 unspecified atom stereocenters. The zero-order valence-corrected chi connectivity index (χ0v) is 23.4. The molecule has 0 aliphatic carbocycles. The van der Waals surface area contributed by atoms with Gasteiger partial charge < -0.3 is 9.64 Å². The summed E-state index contributed by atoms with van der Waals surface area (Å²) in [6, 6.07) is 8.51. The van der Waals surface area contributed by atoms with Gasteiger partial charge in [0.25, 0.3) is 10.0 Å². The molecule has 1 atom stereocenters. The Bertz CT molecular complexity index is 1410. The van der Waals surface area contributed by atoms with Gasteiger partial charge in [0.2, 0.25) is 0 Å². The highest BCUT2D eigenvalue weighted by molar-refractivity contribution is 9.10. The second-order valence-electron chi connectivity index (χ2n) is 8.43. The molecule has 1 N–H and O–H groups in total. The maximum atomic E-state index is 13.5. The number of halogens is 7. The van der Waals surface area contributed by atoms with Crippen LogP contribution in [-0.4, -0.2) is 39.6 Å². The van der Waals surface area contributed by atoms with Crippen LogP contribution >= 0.6 is 39.0 Å². The van der Waals surface area contributed by atoms with Gasteiger partial charge in [-0.25, -0.2) is 8.42 Å². The maximum Gasteiger partial charge on any atom is 0.419 e. The lowest BCUT2D eigenvalue weighted by Crippen LogP contribution is -2.23. The third-order valence-electron chi connectivity index (χ3n) is 5.47. The van der Waals surface area contributed by atoms with Gasteiger partial charge in [-0.2, -0.15) is 26.3 Å².